The van der Waals surface area contributed by atoms with Gasteiger partial charge in [0.1, 0.15) is 11.7 Å². The maximum absolute atomic E-state index is 10.7. The third kappa shape index (κ3) is 2.44. The topological polar surface area (TPSA) is 57.5 Å². The lowest BCUT2D eigenvalue weighted by Gasteiger charge is -2.23. The summed E-state index contributed by atoms with van der Waals surface area (Å²) < 4.78 is 0. The Hall–Kier alpha value is -0.670. The molecular weight excluding hydrogens is 144 g/mol. The fourth-order valence-corrected chi connectivity index (χ4v) is 0.578. The van der Waals surface area contributed by atoms with Gasteiger partial charge in [-0.3, -0.25) is 4.79 Å². The van der Waals surface area contributed by atoms with E-state index in [9.17, 15) is 15.0 Å². The molecule has 0 saturated heterocycles. The number of aliphatic hydroxyl groups is 2. The molecule has 0 unspecified atom stereocenters. The van der Waals surface area contributed by atoms with Crippen LogP contribution in [0.15, 0.2) is 12.2 Å². The summed E-state index contributed by atoms with van der Waals surface area (Å²) in [6.07, 6.45) is 1.84. The van der Waals surface area contributed by atoms with Gasteiger partial charge in [-0.2, -0.15) is 0 Å². The molecule has 3 nitrogen and oxygen atoms in total. The van der Waals surface area contributed by atoms with Crippen molar-refractivity contribution in [1.29, 1.82) is 0 Å². The number of hydrogen-bond acceptors (Lipinski definition) is 3. The Morgan fingerprint density at radius 1 is 1.64 bits per heavy atom. The van der Waals surface area contributed by atoms with Crippen molar-refractivity contribution in [2.75, 3.05) is 0 Å². The lowest BCUT2D eigenvalue weighted by atomic mass is 9.95. The SMILES string of the molecule is C/C=C\[C@H](O)[C@](C)(O)C(C)=O. The molecule has 0 heterocycles. The van der Waals surface area contributed by atoms with Gasteiger partial charge in [0, 0.05) is 0 Å². The first-order valence-electron chi connectivity index (χ1n) is 3.47. The fourth-order valence-electron chi connectivity index (χ4n) is 0.578. The second kappa shape index (κ2) is 3.64. The van der Waals surface area contributed by atoms with E-state index < -0.39 is 17.5 Å². The molecule has 11 heavy (non-hydrogen) atoms. The molecule has 0 spiro atoms. The third-order valence-corrected chi connectivity index (χ3v) is 1.66. The van der Waals surface area contributed by atoms with Crippen LogP contribution in [0.25, 0.3) is 0 Å². The molecule has 2 N–H and O–H groups in total. The summed E-state index contributed by atoms with van der Waals surface area (Å²) in [5.41, 5.74) is -1.66. The fraction of sp³-hybridized carbons (Fsp3) is 0.625. The number of carbonyl (C=O) groups excluding carboxylic acids is 1. The average molecular weight is 158 g/mol. The first-order valence-corrected chi connectivity index (χ1v) is 3.47. The lowest BCUT2D eigenvalue weighted by Crippen LogP contribution is -2.44. The third-order valence-electron chi connectivity index (χ3n) is 1.66. The zero-order chi connectivity index (χ0) is 9.07. The van der Waals surface area contributed by atoms with Crippen LogP contribution >= 0.6 is 0 Å². The van der Waals surface area contributed by atoms with E-state index >= 15 is 0 Å². The number of Topliss-reactive ketones (excluding diaryl/α,β-unsaturated/α-hetero) is 1. The van der Waals surface area contributed by atoms with Crippen LogP contribution in [0.1, 0.15) is 20.8 Å². The van der Waals surface area contributed by atoms with E-state index in [0.717, 1.165) is 0 Å². The van der Waals surface area contributed by atoms with Crippen LogP contribution < -0.4 is 0 Å². The van der Waals surface area contributed by atoms with Crippen LogP contribution in [0.4, 0.5) is 0 Å². The second-order valence-electron chi connectivity index (χ2n) is 2.67. The molecule has 0 radical (unpaired) electrons. The highest BCUT2D eigenvalue weighted by atomic mass is 16.3. The maximum Gasteiger partial charge on any atom is 0.164 e. The molecular formula is C8H14O3. The Morgan fingerprint density at radius 3 is 2.36 bits per heavy atom. The molecule has 0 aliphatic heterocycles. The summed E-state index contributed by atoms with van der Waals surface area (Å²) in [5.74, 6) is -0.442. The van der Waals surface area contributed by atoms with Gasteiger partial charge in [-0.15, -0.1) is 0 Å². The average Bonchev–Trinajstić information content (AvgIpc) is 1.88. The van der Waals surface area contributed by atoms with Crippen molar-refractivity contribution in [3.8, 4) is 0 Å². The zero-order valence-corrected chi connectivity index (χ0v) is 7.03. The first-order chi connectivity index (χ1) is 4.92. The van der Waals surface area contributed by atoms with Gasteiger partial charge < -0.3 is 10.2 Å². The molecule has 0 aromatic rings. The lowest BCUT2D eigenvalue weighted by molar-refractivity contribution is -0.141. The molecule has 0 aliphatic rings. The van der Waals surface area contributed by atoms with Gasteiger partial charge in [0.2, 0.25) is 0 Å². The minimum Gasteiger partial charge on any atom is -0.386 e. The van der Waals surface area contributed by atoms with Crippen LogP contribution in [0.5, 0.6) is 0 Å². The maximum atomic E-state index is 10.7. The Bertz CT molecular complexity index is 170. The van der Waals surface area contributed by atoms with E-state index in [4.69, 9.17) is 0 Å². The standard InChI is InChI=1S/C8H14O3/c1-4-5-7(10)8(3,11)6(2)9/h4-5,7,10-11H,1-3H3/b5-4-/t7-,8+/m0/s1. The van der Waals surface area contributed by atoms with E-state index in [0.29, 0.717) is 0 Å². The molecule has 0 bridgehead atoms. The van der Waals surface area contributed by atoms with E-state index in [1.165, 1.54) is 19.9 Å². The number of hydrogen-bond donors (Lipinski definition) is 2. The summed E-state index contributed by atoms with van der Waals surface area (Å²) >= 11 is 0. The van der Waals surface area contributed by atoms with Crippen LogP contribution in [0.2, 0.25) is 0 Å². The number of carbonyl (C=O) groups is 1. The molecule has 0 aliphatic carbocycles. The van der Waals surface area contributed by atoms with Crippen LogP contribution in [0, 0.1) is 0 Å². The van der Waals surface area contributed by atoms with Crippen molar-refractivity contribution in [1.82, 2.24) is 0 Å². The highest BCUT2D eigenvalue weighted by molar-refractivity contribution is 5.85. The van der Waals surface area contributed by atoms with Gasteiger partial charge in [-0.25, -0.2) is 0 Å². The molecule has 0 amide bonds. The highest BCUT2D eigenvalue weighted by Gasteiger charge is 2.33. The Morgan fingerprint density at radius 2 is 2.09 bits per heavy atom. The number of aliphatic hydroxyl groups excluding tert-OH is 1. The second-order valence-corrected chi connectivity index (χ2v) is 2.67. The van der Waals surface area contributed by atoms with Gasteiger partial charge >= 0.3 is 0 Å². The summed E-state index contributed by atoms with van der Waals surface area (Å²) in [6, 6.07) is 0. The van der Waals surface area contributed by atoms with E-state index in [1.807, 2.05) is 0 Å². The summed E-state index contributed by atoms with van der Waals surface area (Å²) in [5, 5.41) is 18.5. The first kappa shape index (κ1) is 10.3. The van der Waals surface area contributed by atoms with Crippen molar-refractivity contribution in [3.05, 3.63) is 12.2 Å². The Kier molecular flexibility index (Phi) is 3.42. The van der Waals surface area contributed by atoms with E-state index in [-0.39, 0.29) is 0 Å². The molecule has 2 atom stereocenters. The van der Waals surface area contributed by atoms with Crippen molar-refractivity contribution in [2.24, 2.45) is 0 Å². The highest BCUT2D eigenvalue weighted by Crippen LogP contribution is 2.11. The largest absolute Gasteiger partial charge is 0.386 e. The predicted octanol–water partition coefficient (Wildman–Crippen LogP) is 0.263. The van der Waals surface area contributed by atoms with Gasteiger partial charge in [-0.05, 0) is 20.8 Å². The smallest absolute Gasteiger partial charge is 0.164 e. The van der Waals surface area contributed by atoms with Crippen molar-refractivity contribution in [3.63, 3.8) is 0 Å². The molecule has 0 fully saturated rings. The molecule has 0 rings (SSSR count). The quantitative estimate of drug-likeness (QED) is 0.579. The van der Waals surface area contributed by atoms with Crippen molar-refractivity contribution in [2.45, 2.75) is 32.5 Å². The minimum absolute atomic E-state index is 0.442. The molecule has 64 valence electrons. The zero-order valence-electron chi connectivity index (χ0n) is 7.03. The van der Waals surface area contributed by atoms with Gasteiger partial charge in [-0.1, -0.05) is 12.2 Å². The Labute approximate surface area is 66.4 Å². The summed E-state index contributed by atoms with van der Waals surface area (Å²) in [7, 11) is 0. The number of allylic oxidation sites excluding steroid dienone is 1. The molecule has 0 saturated carbocycles. The van der Waals surface area contributed by atoms with Crippen LogP contribution in [-0.4, -0.2) is 27.7 Å². The summed E-state index contributed by atoms with van der Waals surface area (Å²) in [4.78, 5) is 10.7. The van der Waals surface area contributed by atoms with E-state index in [1.54, 1.807) is 13.0 Å². The minimum atomic E-state index is -1.66. The van der Waals surface area contributed by atoms with Gasteiger partial charge in [0.25, 0.3) is 0 Å². The van der Waals surface area contributed by atoms with Gasteiger partial charge in [0.05, 0.1) is 0 Å². The van der Waals surface area contributed by atoms with Gasteiger partial charge in [0.15, 0.2) is 5.78 Å². The van der Waals surface area contributed by atoms with Crippen molar-refractivity contribution < 1.29 is 15.0 Å². The molecule has 0 aromatic carbocycles. The van der Waals surface area contributed by atoms with Crippen LogP contribution in [0.3, 0.4) is 0 Å². The number of ketones is 1. The van der Waals surface area contributed by atoms with E-state index in [2.05, 4.69) is 0 Å². The molecule has 3 heteroatoms. The Balaban J connectivity index is 4.41. The van der Waals surface area contributed by atoms with Crippen molar-refractivity contribution >= 4 is 5.78 Å². The molecule has 0 aromatic heterocycles. The monoisotopic (exact) mass is 158 g/mol. The summed E-state index contributed by atoms with van der Waals surface area (Å²) in [6.45, 7) is 4.24. The number of rotatable bonds is 3. The van der Waals surface area contributed by atoms with Crippen LogP contribution in [-0.2, 0) is 4.79 Å². The normalized spacial score (nSPS) is 19.7. The predicted molar refractivity (Wildman–Crippen MR) is 42.1 cm³/mol.